The highest BCUT2D eigenvalue weighted by Crippen LogP contribution is 2.15. The van der Waals surface area contributed by atoms with E-state index in [2.05, 4.69) is 15.3 Å². The maximum Gasteiger partial charge on any atom is 0.258 e. The normalized spacial score (nSPS) is 10.7. The van der Waals surface area contributed by atoms with Crippen LogP contribution in [0.1, 0.15) is 18.7 Å². The lowest BCUT2D eigenvalue weighted by Crippen LogP contribution is -2.14. The van der Waals surface area contributed by atoms with Crippen molar-refractivity contribution in [3.8, 4) is 0 Å². The highest BCUT2D eigenvalue weighted by atomic mass is 35.5. The summed E-state index contributed by atoms with van der Waals surface area (Å²) in [5, 5.41) is 3.94. The number of rotatable bonds is 5. The van der Waals surface area contributed by atoms with Gasteiger partial charge in [0, 0.05) is 23.6 Å². The fourth-order valence-corrected chi connectivity index (χ4v) is 2.65. The fraction of sp³-hybridized carbons (Fsp3) is 0.167. The predicted octanol–water partition coefficient (Wildman–Crippen LogP) is 3.54. The van der Waals surface area contributed by atoms with E-state index >= 15 is 0 Å². The van der Waals surface area contributed by atoms with Crippen LogP contribution in [-0.2, 0) is 11.2 Å². The largest absolute Gasteiger partial charge is 0.326 e. The minimum atomic E-state index is -0.154. The van der Waals surface area contributed by atoms with Gasteiger partial charge in [-0.2, -0.15) is 0 Å². The molecule has 0 fully saturated rings. The molecule has 0 radical (unpaired) electrons. The molecule has 1 heterocycles. The van der Waals surface area contributed by atoms with Crippen molar-refractivity contribution < 1.29 is 4.79 Å². The van der Waals surface area contributed by atoms with Gasteiger partial charge in [-0.1, -0.05) is 29.8 Å². The Morgan fingerprint density at radius 2 is 2.00 bits per heavy atom. The zero-order chi connectivity index (χ0) is 16.9. The van der Waals surface area contributed by atoms with Gasteiger partial charge >= 0.3 is 0 Å². The van der Waals surface area contributed by atoms with Crippen molar-refractivity contribution in [2.24, 2.45) is 0 Å². The predicted molar refractivity (Wildman–Crippen MR) is 95.4 cm³/mol. The standard InChI is InChI=1S/C18H16ClN3O2/c19-12-5-3-6-13(11-12)20-17(23)10-4-9-16-21-15-8-2-1-7-14(15)18(24)22-16/h1-3,5-8,11H,4,9-10H2,(H,20,23)(H,21,22,24). The number of nitrogens with one attached hydrogen (secondary N) is 2. The van der Waals surface area contributed by atoms with Crippen LogP contribution in [0.3, 0.4) is 0 Å². The minimum Gasteiger partial charge on any atom is -0.326 e. The average molecular weight is 342 g/mol. The minimum absolute atomic E-state index is 0.0968. The number of anilines is 1. The van der Waals surface area contributed by atoms with Gasteiger partial charge < -0.3 is 10.3 Å². The van der Waals surface area contributed by atoms with Crippen LogP contribution in [0.4, 0.5) is 5.69 Å². The Hall–Kier alpha value is -2.66. The number of hydrogen-bond acceptors (Lipinski definition) is 3. The molecule has 5 nitrogen and oxygen atoms in total. The van der Waals surface area contributed by atoms with Crippen molar-refractivity contribution >= 4 is 34.1 Å². The summed E-state index contributed by atoms with van der Waals surface area (Å²) >= 11 is 5.88. The second-order valence-corrected chi connectivity index (χ2v) is 5.88. The number of fused-ring (bicyclic) bond motifs is 1. The number of aryl methyl sites for hydroxylation is 1. The van der Waals surface area contributed by atoms with E-state index in [1.807, 2.05) is 6.07 Å². The molecule has 2 aromatic carbocycles. The Morgan fingerprint density at radius 3 is 2.83 bits per heavy atom. The molecule has 0 saturated carbocycles. The molecular weight excluding hydrogens is 326 g/mol. The first kappa shape index (κ1) is 16.2. The highest BCUT2D eigenvalue weighted by Gasteiger charge is 2.06. The number of aromatic nitrogens is 2. The Kier molecular flexibility index (Phi) is 4.91. The van der Waals surface area contributed by atoms with Gasteiger partial charge in [-0.25, -0.2) is 4.98 Å². The van der Waals surface area contributed by atoms with Gasteiger partial charge in [0.05, 0.1) is 10.9 Å². The van der Waals surface area contributed by atoms with Crippen molar-refractivity contribution in [1.29, 1.82) is 0 Å². The molecule has 6 heteroatoms. The van der Waals surface area contributed by atoms with Crippen LogP contribution in [0.15, 0.2) is 53.3 Å². The van der Waals surface area contributed by atoms with Gasteiger partial charge in [0.1, 0.15) is 5.82 Å². The zero-order valence-corrected chi connectivity index (χ0v) is 13.6. The van der Waals surface area contributed by atoms with Gasteiger partial charge in [-0.15, -0.1) is 0 Å². The van der Waals surface area contributed by atoms with E-state index in [9.17, 15) is 9.59 Å². The van der Waals surface area contributed by atoms with Crippen LogP contribution < -0.4 is 10.9 Å². The van der Waals surface area contributed by atoms with E-state index in [-0.39, 0.29) is 11.5 Å². The maximum atomic E-state index is 12.0. The zero-order valence-electron chi connectivity index (χ0n) is 12.9. The van der Waals surface area contributed by atoms with E-state index in [1.54, 1.807) is 42.5 Å². The van der Waals surface area contributed by atoms with Crippen LogP contribution in [0.5, 0.6) is 0 Å². The molecule has 0 bridgehead atoms. The summed E-state index contributed by atoms with van der Waals surface area (Å²) in [5.74, 6) is 0.495. The second kappa shape index (κ2) is 7.27. The molecule has 1 amide bonds. The van der Waals surface area contributed by atoms with Gasteiger partial charge in [0.2, 0.25) is 5.91 Å². The summed E-state index contributed by atoms with van der Waals surface area (Å²) < 4.78 is 0. The molecule has 122 valence electrons. The topological polar surface area (TPSA) is 74.8 Å². The van der Waals surface area contributed by atoms with Crippen LogP contribution in [-0.4, -0.2) is 15.9 Å². The summed E-state index contributed by atoms with van der Waals surface area (Å²) in [6.45, 7) is 0. The lowest BCUT2D eigenvalue weighted by molar-refractivity contribution is -0.116. The Morgan fingerprint density at radius 1 is 1.17 bits per heavy atom. The smallest absolute Gasteiger partial charge is 0.258 e. The molecule has 24 heavy (non-hydrogen) atoms. The number of para-hydroxylation sites is 1. The molecule has 0 saturated heterocycles. The van der Waals surface area contributed by atoms with Gasteiger partial charge in [-0.05, 0) is 36.8 Å². The van der Waals surface area contributed by atoms with E-state index in [0.29, 0.717) is 46.7 Å². The molecular formula is C18H16ClN3O2. The molecule has 0 aliphatic carbocycles. The van der Waals surface area contributed by atoms with Gasteiger partial charge in [0.15, 0.2) is 0 Å². The summed E-state index contributed by atoms with van der Waals surface area (Å²) in [5.41, 5.74) is 1.18. The molecule has 3 rings (SSSR count). The first-order chi connectivity index (χ1) is 11.6. The number of nitrogens with zero attached hydrogens (tertiary/aromatic N) is 1. The van der Waals surface area contributed by atoms with Crippen molar-refractivity contribution in [2.75, 3.05) is 5.32 Å². The van der Waals surface area contributed by atoms with E-state index in [1.165, 1.54) is 0 Å². The fourth-order valence-electron chi connectivity index (χ4n) is 2.46. The van der Waals surface area contributed by atoms with Crippen LogP contribution >= 0.6 is 11.6 Å². The number of carbonyl (C=O) groups excluding carboxylic acids is 1. The summed E-state index contributed by atoms with van der Waals surface area (Å²) in [6.07, 6.45) is 1.46. The third kappa shape index (κ3) is 4.00. The molecule has 0 atom stereocenters. The quantitative estimate of drug-likeness (QED) is 0.745. The second-order valence-electron chi connectivity index (χ2n) is 5.44. The highest BCUT2D eigenvalue weighted by molar-refractivity contribution is 6.30. The Labute approximate surface area is 143 Å². The van der Waals surface area contributed by atoms with Gasteiger partial charge in [0.25, 0.3) is 5.56 Å². The third-order valence-corrected chi connectivity index (χ3v) is 3.82. The summed E-state index contributed by atoms with van der Waals surface area (Å²) in [7, 11) is 0. The van der Waals surface area contributed by atoms with Crippen LogP contribution in [0.25, 0.3) is 10.9 Å². The Balaban J connectivity index is 1.58. The van der Waals surface area contributed by atoms with Gasteiger partial charge in [-0.3, -0.25) is 9.59 Å². The lowest BCUT2D eigenvalue weighted by atomic mass is 10.2. The van der Waals surface area contributed by atoms with Crippen molar-refractivity contribution in [3.05, 3.63) is 69.7 Å². The molecule has 0 aliphatic rings. The number of aromatic amines is 1. The molecule has 0 aliphatic heterocycles. The first-order valence-electron chi connectivity index (χ1n) is 7.65. The first-order valence-corrected chi connectivity index (χ1v) is 8.03. The number of amides is 1. The van der Waals surface area contributed by atoms with Crippen molar-refractivity contribution in [3.63, 3.8) is 0 Å². The van der Waals surface area contributed by atoms with E-state index in [0.717, 1.165) is 0 Å². The molecule has 0 spiro atoms. The van der Waals surface area contributed by atoms with Crippen LogP contribution in [0.2, 0.25) is 5.02 Å². The number of benzene rings is 2. The molecule has 2 N–H and O–H groups in total. The number of hydrogen-bond donors (Lipinski definition) is 2. The monoisotopic (exact) mass is 341 g/mol. The third-order valence-electron chi connectivity index (χ3n) is 3.59. The van der Waals surface area contributed by atoms with E-state index in [4.69, 9.17) is 11.6 Å². The Bertz CT molecular complexity index is 937. The average Bonchev–Trinajstić information content (AvgIpc) is 2.55. The molecule has 3 aromatic rings. The summed E-state index contributed by atoms with van der Waals surface area (Å²) in [6, 6.07) is 14.2. The summed E-state index contributed by atoms with van der Waals surface area (Å²) in [4.78, 5) is 31.1. The SMILES string of the molecule is O=C(CCCc1nc2ccccc2c(=O)[nH]1)Nc1cccc(Cl)c1. The van der Waals surface area contributed by atoms with Crippen molar-refractivity contribution in [2.45, 2.75) is 19.3 Å². The molecule has 1 aromatic heterocycles. The van der Waals surface area contributed by atoms with E-state index < -0.39 is 0 Å². The van der Waals surface area contributed by atoms with Crippen molar-refractivity contribution in [1.82, 2.24) is 9.97 Å². The number of carbonyl (C=O) groups is 1. The maximum absolute atomic E-state index is 12.0. The van der Waals surface area contributed by atoms with Crippen LogP contribution in [0, 0.1) is 0 Å². The molecule has 0 unspecified atom stereocenters. The lowest BCUT2D eigenvalue weighted by Gasteiger charge is -2.06. The number of H-pyrrole nitrogens is 1. The number of halogens is 1.